The van der Waals surface area contributed by atoms with Crippen molar-refractivity contribution in [3.8, 4) is 6.07 Å². The standard InChI is InChI=1S/C15H18N2O4S/c16-10-12-3-1-5-14(9-12)22(18,19)17-6-2-4-13(11-17)15-20-7-8-21-15/h1,3,5,9,13,15H,2,4,6-8,11H2/t13-/m0/s1. The molecule has 0 spiro atoms. The van der Waals surface area contributed by atoms with E-state index in [1.807, 2.05) is 6.07 Å². The molecule has 1 aromatic rings. The summed E-state index contributed by atoms with van der Waals surface area (Å²) in [4.78, 5) is 0.167. The minimum atomic E-state index is -3.59. The molecule has 1 aromatic carbocycles. The highest BCUT2D eigenvalue weighted by Crippen LogP contribution is 2.28. The van der Waals surface area contributed by atoms with Crippen molar-refractivity contribution in [2.45, 2.75) is 24.0 Å². The first kappa shape index (κ1) is 15.4. The van der Waals surface area contributed by atoms with Crippen LogP contribution in [0.25, 0.3) is 0 Å². The second-order valence-corrected chi connectivity index (χ2v) is 7.45. The van der Waals surface area contributed by atoms with Crippen LogP contribution in [-0.4, -0.2) is 45.3 Å². The van der Waals surface area contributed by atoms with Crippen molar-refractivity contribution in [2.24, 2.45) is 5.92 Å². The SMILES string of the molecule is N#Cc1cccc(S(=O)(=O)N2CCC[C@H](C3OCCO3)C2)c1. The lowest BCUT2D eigenvalue weighted by atomic mass is 9.99. The molecule has 118 valence electrons. The van der Waals surface area contributed by atoms with Crippen LogP contribution in [0.2, 0.25) is 0 Å². The first-order chi connectivity index (χ1) is 10.6. The zero-order valence-electron chi connectivity index (χ0n) is 12.1. The molecule has 3 rings (SSSR count). The van der Waals surface area contributed by atoms with Gasteiger partial charge in [-0.25, -0.2) is 8.42 Å². The van der Waals surface area contributed by atoms with E-state index in [9.17, 15) is 8.42 Å². The van der Waals surface area contributed by atoms with Gasteiger partial charge in [0, 0.05) is 19.0 Å². The van der Waals surface area contributed by atoms with Crippen molar-refractivity contribution < 1.29 is 17.9 Å². The molecule has 0 unspecified atom stereocenters. The smallest absolute Gasteiger partial charge is 0.243 e. The van der Waals surface area contributed by atoms with Gasteiger partial charge in [0.2, 0.25) is 10.0 Å². The largest absolute Gasteiger partial charge is 0.350 e. The fourth-order valence-electron chi connectivity index (χ4n) is 2.94. The van der Waals surface area contributed by atoms with E-state index >= 15 is 0 Å². The molecule has 0 bridgehead atoms. The molecule has 22 heavy (non-hydrogen) atoms. The molecule has 0 aliphatic carbocycles. The Morgan fingerprint density at radius 3 is 2.77 bits per heavy atom. The summed E-state index contributed by atoms with van der Waals surface area (Å²) < 4.78 is 38.0. The third-order valence-corrected chi connectivity index (χ3v) is 5.92. The Morgan fingerprint density at radius 2 is 2.05 bits per heavy atom. The van der Waals surface area contributed by atoms with Gasteiger partial charge < -0.3 is 9.47 Å². The number of nitrogens with zero attached hydrogens (tertiary/aromatic N) is 2. The zero-order valence-corrected chi connectivity index (χ0v) is 13.0. The number of hydrogen-bond donors (Lipinski definition) is 0. The maximum absolute atomic E-state index is 12.8. The lowest BCUT2D eigenvalue weighted by molar-refractivity contribution is -0.0940. The van der Waals surface area contributed by atoms with Crippen LogP contribution in [-0.2, 0) is 19.5 Å². The van der Waals surface area contributed by atoms with Crippen molar-refractivity contribution in [1.82, 2.24) is 4.31 Å². The number of sulfonamides is 1. The normalized spacial score (nSPS) is 24.2. The second kappa shape index (κ2) is 6.34. The summed E-state index contributed by atoms with van der Waals surface area (Å²) >= 11 is 0. The van der Waals surface area contributed by atoms with E-state index < -0.39 is 10.0 Å². The van der Waals surface area contributed by atoms with Crippen LogP contribution in [0.15, 0.2) is 29.2 Å². The summed E-state index contributed by atoms with van der Waals surface area (Å²) in [6.07, 6.45) is 1.38. The summed E-state index contributed by atoms with van der Waals surface area (Å²) in [6.45, 7) is 2.02. The summed E-state index contributed by atoms with van der Waals surface area (Å²) in [5, 5.41) is 8.93. The summed E-state index contributed by atoms with van der Waals surface area (Å²) in [6, 6.07) is 8.11. The number of nitriles is 1. The molecule has 2 aliphatic rings. The van der Waals surface area contributed by atoms with Gasteiger partial charge in [-0.3, -0.25) is 0 Å². The molecule has 2 heterocycles. The van der Waals surface area contributed by atoms with Gasteiger partial charge in [0.05, 0.1) is 29.7 Å². The second-order valence-electron chi connectivity index (χ2n) is 5.51. The van der Waals surface area contributed by atoms with Crippen LogP contribution < -0.4 is 0 Å². The van der Waals surface area contributed by atoms with E-state index in [2.05, 4.69) is 0 Å². The van der Waals surface area contributed by atoms with Crippen molar-refractivity contribution in [3.63, 3.8) is 0 Å². The topological polar surface area (TPSA) is 79.6 Å². The van der Waals surface area contributed by atoms with Crippen molar-refractivity contribution >= 4 is 10.0 Å². The lowest BCUT2D eigenvalue weighted by Gasteiger charge is -2.33. The van der Waals surface area contributed by atoms with Gasteiger partial charge in [-0.2, -0.15) is 9.57 Å². The molecule has 2 saturated heterocycles. The predicted molar refractivity (Wildman–Crippen MR) is 78.3 cm³/mol. The molecular formula is C15H18N2O4S. The zero-order chi connectivity index (χ0) is 15.6. The molecule has 0 N–H and O–H groups in total. The van der Waals surface area contributed by atoms with Crippen molar-refractivity contribution in [1.29, 1.82) is 5.26 Å². The van der Waals surface area contributed by atoms with E-state index in [0.29, 0.717) is 31.9 Å². The fraction of sp³-hybridized carbons (Fsp3) is 0.533. The van der Waals surface area contributed by atoms with E-state index in [4.69, 9.17) is 14.7 Å². The van der Waals surface area contributed by atoms with Crippen LogP contribution in [0.5, 0.6) is 0 Å². The Kier molecular flexibility index (Phi) is 4.45. The highest BCUT2D eigenvalue weighted by Gasteiger charge is 2.36. The molecule has 0 amide bonds. The number of rotatable bonds is 3. The van der Waals surface area contributed by atoms with Crippen LogP contribution in [0, 0.1) is 17.2 Å². The van der Waals surface area contributed by atoms with Gasteiger partial charge in [-0.1, -0.05) is 6.07 Å². The van der Waals surface area contributed by atoms with Gasteiger partial charge in [0.25, 0.3) is 0 Å². The Morgan fingerprint density at radius 1 is 1.27 bits per heavy atom. The highest BCUT2D eigenvalue weighted by molar-refractivity contribution is 7.89. The Balaban J connectivity index is 1.80. The first-order valence-corrected chi connectivity index (χ1v) is 8.79. The molecule has 0 aromatic heterocycles. The molecule has 2 aliphatic heterocycles. The average molecular weight is 322 g/mol. The summed E-state index contributed by atoms with van der Waals surface area (Å²) in [7, 11) is -3.59. The first-order valence-electron chi connectivity index (χ1n) is 7.35. The van der Waals surface area contributed by atoms with Gasteiger partial charge in [-0.05, 0) is 31.0 Å². The average Bonchev–Trinajstić information content (AvgIpc) is 3.09. The van der Waals surface area contributed by atoms with Crippen molar-refractivity contribution in [2.75, 3.05) is 26.3 Å². The third-order valence-electron chi connectivity index (χ3n) is 4.05. The minimum Gasteiger partial charge on any atom is -0.350 e. The molecule has 2 fully saturated rings. The van der Waals surface area contributed by atoms with E-state index in [1.165, 1.54) is 16.4 Å². The van der Waals surface area contributed by atoms with E-state index in [-0.39, 0.29) is 17.1 Å². The van der Waals surface area contributed by atoms with E-state index in [1.54, 1.807) is 12.1 Å². The van der Waals surface area contributed by atoms with Crippen LogP contribution in [0.1, 0.15) is 18.4 Å². The maximum atomic E-state index is 12.8. The summed E-state index contributed by atoms with van der Waals surface area (Å²) in [5.41, 5.74) is 0.345. The van der Waals surface area contributed by atoms with Gasteiger partial charge in [0.15, 0.2) is 6.29 Å². The number of benzene rings is 1. The van der Waals surface area contributed by atoms with Gasteiger partial charge in [0.1, 0.15) is 0 Å². The lowest BCUT2D eigenvalue weighted by Crippen LogP contribution is -2.43. The molecule has 7 heteroatoms. The maximum Gasteiger partial charge on any atom is 0.243 e. The molecule has 0 saturated carbocycles. The molecule has 0 radical (unpaired) electrons. The minimum absolute atomic E-state index is 0.0603. The van der Waals surface area contributed by atoms with E-state index in [0.717, 1.165) is 12.8 Å². The number of ether oxygens (including phenoxy) is 2. The van der Waals surface area contributed by atoms with Crippen LogP contribution in [0.3, 0.4) is 0 Å². The molecule has 1 atom stereocenters. The fourth-order valence-corrected chi connectivity index (χ4v) is 4.52. The predicted octanol–water partition coefficient (Wildman–Crippen LogP) is 1.33. The monoisotopic (exact) mass is 322 g/mol. The highest BCUT2D eigenvalue weighted by atomic mass is 32.2. The Hall–Kier alpha value is -1.46. The quantitative estimate of drug-likeness (QED) is 0.839. The molecule has 6 nitrogen and oxygen atoms in total. The van der Waals surface area contributed by atoms with Gasteiger partial charge in [-0.15, -0.1) is 0 Å². The van der Waals surface area contributed by atoms with Crippen LogP contribution >= 0.6 is 0 Å². The van der Waals surface area contributed by atoms with Gasteiger partial charge >= 0.3 is 0 Å². The summed E-state index contributed by atoms with van der Waals surface area (Å²) in [5.74, 6) is 0.0603. The Labute approximate surface area is 130 Å². The van der Waals surface area contributed by atoms with Crippen LogP contribution in [0.4, 0.5) is 0 Å². The Bertz CT molecular complexity index is 677. The molecular weight excluding hydrogens is 304 g/mol. The number of hydrogen-bond acceptors (Lipinski definition) is 5. The van der Waals surface area contributed by atoms with Crippen molar-refractivity contribution in [3.05, 3.63) is 29.8 Å². The number of piperidine rings is 1. The third kappa shape index (κ3) is 3.01.